The second-order valence-corrected chi connectivity index (χ2v) is 19.3. The summed E-state index contributed by atoms with van der Waals surface area (Å²) in [7, 11) is -8.59. The Kier molecular flexibility index (Phi) is 29.5. The molecule has 0 spiro atoms. The van der Waals surface area contributed by atoms with Crippen LogP contribution in [0.4, 0.5) is 0 Å². The van der Waals surface area contributed by atoms with Gasteiger partial charge in [-0.1, -0.05) is 105 Å². The van der Waals surface area contributed by atoms with E-state index in [1.54, 1.807) is 41.5 Å². The molecule has 0 bridgehead atoms. The number of thioether (sulfide) groups is 2. The molecule has 2 aromatic carbocycles. The van der Waals surface area contributed by atoms with Gasteiger partial charge in [0.1, 0.15) is 13.2 Å². The Morgan fingerprint density at radius 3 is 1.08 bits per heavy atom. The molecule has 0 radical (unpaired) electrons. The summed E-state index contributed by atoms with van der Waals surface area (Å²) in [6, 6.07) is 16.4. The zero-order valence-corrected chi connectivity index (χ0v) is 37.2. The minimum absolute atomic E-state index is 0.235. The Hall–Kier alpha value is 0.600. The number of hydrogen-bond donors (Lipinski definition) is 0. The minimum atomic E-state index is -3.38. The van der Waals surface area contributed by atoms with Gasteiger partial charge in [0.15, 0.2) is 7.88 Å². The van der Waals surface area contributed by atoms with Crippen LogP contribution in [0, 0.1) is 0 Å². The molecule has 9 nitrogen and oxygen atoms in total. The molecule has 0 atom stereocenters. The van der Waals surface area contributed by atoms with Crippen LogP contribution in [0.2, 0.25) is 0 Å². The van der Waals surface area contributed by atoms with Crippen molar-refractivity contribution in [3.05, 3.63) is 70.8 Å². The highest BCUT2D eigenvalue weighted by Crippen LogP contribution is 2.54. The molecular weight excluding hydrogens is 885 g/mol. The fraction of sp³-hybridized carbons (Fsp3) is 0.533. The van der Waals surface area contributed by atoms with Crippen molar-refractivity contribution in [2.75, 3.05) is 39.6 Å². The van der Waals surface area contributed by atoms with E-state index in [2.05, 4.69) is 65.2 Å². The Morgan fingerprint density at radius 2 is 0.854 bits per heavy atom. The summed E-state index contributed by atoms with van der Waals surface area (Å²) >= 11 is 19.9. The van der Waals surface area contributed by atoms with E-state index in [0.29, 0.717) is 24.7 Å². The average molecular weight is 932 g/mol. The first kappa shape index (κ1) is 48.6. The minimum Gasteiger partial charge on any atom is -0.305 e. The molecule has 0 N–H and O–H groups in total. The molecule has 0 aromatic heterocycles. The molecule has 0 fully saturated rings. The van der Waals surface area contributed by atoms with Gasteiger partial charge in [-0.2, -0.15) is 0 Å². The summed E-state index contributed by atoms with van der Waals surface area (Å²) in [4.78, 5) is 0. The van der Waals surface area contributed by atoms with Crippen molar-refractivity contribution in [3.8, 4) is 0 Å². The van der Waals surface area contributed by atoms with E-state index in [1.807, 2.05) is 24.3 Å². The normalized spacial score (nSPS) is 11.2. The summed E-state index contributed by atoms with van der Waals surface area (Å²) in [6.45, 7) is 12.5. The van der Waals surface area contributed by atoms with Crippen LogP contribution in [0.25, 0.3) is 0 Å². The Labute approximate surface area is 323 Å². The molecule has 272 valence electrons. The predicted molar refractivity (Wildman–Crippen MR) is 219 cm³/mol. The molecule has 18 heteroatoms. The third-order valence-corrected chi connectivity index (χ3v) is 16.3. The SMILES string of the molecule is BrCc1ccc(CBr)cc1.CCOP(=O)(OCC)C(=S)SCc1ccc(CSC(=S)P(=O)(OCC)OCC)cc1.CCO[P+](=O)OCC. The van der Waals surface area contributed by atoms with Crippen molar-refractivity contribution in [2.24, 2.45) is 0 Å². The van der Waals surface area contributed by atoms with Gasteiger partial charge in [-0.25, -0.2) is 0 Å². The monoisotopic (exact) mass is 929 g/mol. The van der Waals surface area contributed by atoms with E-state index < -0.39 is 23.4 Å². The molecule has 2 aromatic rings. The Balaban J connectivity index is 0.000000989. The summed E-state index contributed by atoms with van der Waals surface area (Å²) in [6.07, 6.45) is 0. The molecule has 2 rings (SSSR count). The molecule has 48 heavy (non-hydrogen) atoms. The standard InChI is InChI=1S/C18H28O6P2S4.C8H8Br2.C4H10O3P/c1-5-21-25(19,22-6-2)17(27)29-13-15-9-11-16(12-10-15)14-30-18(28)26(20,23-7-3)24-8-4;9-5-7-1-2-8(6-10)4-3-7;1-3-6-8(5)7-4-2/h9-12H,5-8,13-14H2,1-4H3;1-4H,5-6H2;3-4H2,1-2H3/q;;+1. The third-order valence-electron chi connectivity index (χ3n) is 5.19. The lowest BCUT2D eigenvalue weighted by atomic mass is 10.2. The van der Waals surface area contributed by atoms with Gasteiger partial charge in [0, 0.05) is 26.7 Å². The fourth-order valence-corrected chi connectivity index (χ4v) is 10.5. The highest BCUT2D eigenvalue weighted by Gasteiger charge is 2.31. The maximum Gasteiger partial charge on any atom is 0.697 e. The van der Waals surface area contributed by atoms with Crippen molar-refractivity contribution >= 4 is 111 Å². The van der Waals surface area contributed by atoms with E-state index in [4.69, 9.17) is 42.5 Å². The molecule has 0 heterocycles. The first-order valence-corrected chi connectivity index (χ1v) is 24.3. The van der Waals surface area contributed by atoms with Crippen LogP contribution in [-0.2, 0) is 63.0 Å². The van der Waals surface area contributed by atoms with Crippen LogP contribution in [0.15, 0.2) is 48.5 Å². The largest absolute Gasteiger partial charge is 0.697 e. The smallest absolute Gasteiger partial charge is 0.305 e. The zero-order chi connectivity index (χ0) is 36.4. The van der Waals surface area contributed by atoms with E-state index in [1.165, 1.54) is 34.7 Å². The lowest BCUT2D eigenvalue weighted by Gasteiger charge is -2.17. The fourth-order valence-electron chi connectivity index (χ4n) is 3.11. The van der Waals surface area contributed by atoms with Gasteiger partial charge >= 0.3 is 23.4 Å². The summed E-state index contributed by atoms with van der Waals surface area (Å²) in [5.41, 5.74) is 4.69. The number of hydrogen-bond acceptors (Lipinski definition) is 13. The maximum atomic E-state index is 12.6. The van der Waals surface area contributed by atoms with Crippen molar-refractivity contribution in [2.45, 2.75) is 63.7 Å². The summed E-state index contributed by atoms with van der Waals surface area (Å²) < 4.78 is 66.3. The molecule has 0 amide bonds. The Bertz CT molecular complexity index is 1190. The van der Waals surface area contributed by atoms with Crippen LogP contribution in [-0.4, -0.2) is 47.5 Å². The molecule has 0 unspecified atom stereocenters. The van der Waals surface area contributed by atoms with Crippen molar-refractivity contribution < 1.29 is 40.8 Å². The van der Waals surface area contributed by atoms with E-state index in [0.717, 1.165) is 21.8 Å². The average Bonchev–Trinajstić information content (AvgIpc) is 3.08. The van der Waals surface area contributed by atoms with Crippen molar-refractivity contribution in [1.82, 2.24) is 0 Å². The van der Waals surface area contributed by atoms with E-state index in [9.17, 15) is 13.7 Å². The number of rotatable bonds is 20. The number of alkyl halides is 2. The van der Waals surface area contributed by atoms with Gasteiger partial charge in [0.05, 0.1) is 26.4 Å². The van der Waals surface area contributed by atoms with Crippen LogP contribution < -0.4 is 0 Å². The van der Waals surface area contributed by atoms with Crippen LogP contribution in [0.1, 0.15) is 63.8 Å². The molecule has 0 aliphatic rings. The topological polar surface area (TPSA) is 107 Å². The molecule has 0 saturated heterocycles. The number of halogens is 2. The number of thiocarbonyl (C=S) groups is 2. The van der Waals surface area contributed by atoms with Crippen LogP contribution >= 0.6 is 103 Å². The zero-order valence-electron chi connectivity index (χ0n) is 28.1. The second kappa shape index (κ2) is 29.1. The molecule has 0 aliphatic heterocycles. The van der Waals surface area contributed by atoms with Gasteiger partial charge in [0.2, 0.25) is 0 Å². The highest BCUT2D eigenvalue weighted by molar-refractivity contribution is 9.08. The summed E-state index contributed by atoms with van der Waals surface area (Å²) in [5.74, 6) is 1.11. The van der Waals surface area contributed by atoms with Gasteiger partial charge in [0.25, 0.3) is 0 Å². The first-order valence-electron chi connectivity index (χ1n) is 15.1. The Morgan fingerprint density at radius 1 is 0.583 bits per heavy atom. The van der Waals surface area contributed by atoms with E-state index in [-0.39, 0.29) is 34.3 Å². The van der Waals surface area contributed by atoms with Gasteiger partial charge in [-0.15, -0.1) is 32.6 Å². The van der Waals surface area contributed by atoms with Crippen molar-refractivity contribution in [3.63, 3.8) is 0 Å². The third kappa shape index (κ3) is 20.6. The quantitative estimate of drug-likeness (QED) is 0.0715. The number of benzene rings is 2. The second-order valence-electron chi connectivity index (χ2n) is 8.73. The van der Waals surface area contributed by atoms with Crippen LogP contribution in [0.3, 0.4) is 0 Å². The predicted octanol–water partition coefficient (Wildman–Crippen LogP) is 12.4. The van der Waals surface area contributed by atoms with Gasteiger partial charge in [-0.05, 0) is 63.8 Å². The van der Waals surface area contributed by atoms with Gasteiger partial charge in [-0.3, -0.25) is 9.13 Å². The van der Waals surface area contributed by atoms with Gasteiger partial charge < -0.3 is 18.1 Å². The first-order chi connectivity index (χ1) is 22.9. The van der Waals surface area contributed by atoms with E-state index >= 15 is 0 Å². The lowest BCUT2D eigenvalue weighted by Crippen LogP contribution is -2.03. The lowest BCUT2D eigenvalue weighted by molar-refractivity contribution is 0.232. The maximum absolute atomic E-state index is 12.6. The van der Waals surface area contributed by atoms with Crippen LogP contribution in [0.5, 0.6) is 0 Å². The molecule has 0 aliphatic carbocycles. The van der Waals surface area contributed by atoms with Crippen molar-refractivity contribution in [1.29, 1.82) is 0 Å². The molecular formula is C30H46Br2O9P3S4+. The summed E-state index contributed by atoms with van der Waals surface area (Å²) in [5, 5.41) is 1.88. The molecule has 0 saturated carbocycles. The highest BCUT2D eigenvalue weighted by atomic mass is 79.9.